The molecule has 88 valence electrons. The minimum absolute atomic E-state index is 0.174. The van der Waals surface area contributed by atoms with Gasteiger partial charge < -0.3 is 4.74 Å². The summed E-state index contributed by atoms with van der Waals surface area (Å²) in [6.07, 6.45) is 3.80. The van der Waals surface area contributed by atoms with Gasteiger partial charge in [-0.25, -0.2) is 14.4 Å². The Bertz CT molecular complexity index is 317. The van der Waals surface area contributed by atoms with Gasteiger partial charge in [0.05, 0.1) is 12.6 Å². The zero-order valence-corrected chi connectivity index (χ0v) is 9.30. The second-order valence-electron chi connectivity index (χ2n) is 2.99. The molecule has 0 aliphatic rings. The summed E-state index contributed by atoms with van der Waals surface area (Å²) in [4.78, 5) is 38.6. The first-order valence-electron chi connectivity index (χ1n) is 5.01. The molecule has 0 aliphatic carbocycles. The van der Waals surface area contributed by atoms with E-state index in [4.69, 9.17) is 4.74 Å². The molecule has 0 saturated carbocycles. The first-order chi connectivity index (χ1) is 7.71. The van der Waals surface area contributed by atoms with Gasteiger partial charge in [-0.2, -0.15) is 9.98 Å². The maximum absolute atomic E-state index is 11.4. The molecular weight excluding hydrogens is 212 g/mol. The molecule has 0 aliphatic heterocycles. The number of hydrogen-bond donors (Lipinski definition) is 0. The zero-order chi connectivity index (χ0) is 12.4. The van der Waals surface area contributed by atoms with Gasteiger partial charge in [0, 0.05) is 0 Å². The Labute approximate surface area is 93.4 Å². The first kappa shape index (κ1) is 14.2. The highest BCUT2D eigenvalue weighted by atomic mass is 16.5. The molecule has 2 atom stereocenters. The lowest BCUT2D eigenvalue weighted by atomic mass is 10.0. The number of carbonyl (C=O) groups is 1. The van der Waals surface area contributed by atoms with Gasteiger partial charge in [0.2, 0.25) is 12.2 Å². The van der Waals surface area contributed by atoms with E-state index in [9.17, 15) is 14.4 Å². The summed E-state index contributed by atoms with van der Waals surface area (Å²) in [5.74, 6) is -0.678. The van der Waals surface area contributed by atoms with E-state index < -0.39 is 18.1 Å². The Morgan fingerprint density at radius 2 is 1.88 bits per heavy atom. The average Bonchev–Trinajstić information content (AvgIpc) is 2.26. The fourth-order valence-corrected chi connectivity index (χ4v) is 1.24. The van der Waals surface area contributed by atoms with Gasteiger partial charge in [-0.1, -0.05) is 13.3 Å². The average molecular weight is 226 g/mol. The van der Waals surface area contributed by atoms with Crippen molar-refractivity contribution in [1.29, 1.82) is 0 Å². The van der Waals surface area contributed by atoms with Crippen LogP contribution in [-0.2, 0) is 19.1 Å². The summed E-state index contributed by atoms with van der Waals surface area (Å²) in [5, 5.41) is 0. The first-order valence-corrected chi connectivity index (χ1v) is 5.01. The van der Waals surface area contributed by atoms with E-state index in [1.54, 1.807) is 6.92 Å². The smallest absolute Gasteiger partial charge is 0.334 e. The minimum Gasteiger partial charge on any atom is -0.464 e. The van der Waals surface area contributed by atoms with Gasteiger partial charge in [0.15, 0.2) is 6.04 Å². The number of isocyanates is 2. The highest BCUT2D eigenvalue weighted by molar-refractivity contribution is 5.78. The van der Waals surface area contributed by atoms with Crippen molar-refractivity contribution in [3.8, 4) is 0 Å². The lowest BCUT2D eigenvalue weighted by Gasteiger charge is -2.15. The van der Waals surface area contributed by atoms with Crippen molar-refractivity contribution in [2.24, 2.45) is 9.98 Å². The van der Waals surface area contributed by atoms with Crippen LogP contribution in [0, 0.1) is 0 Å². The third kappa shape index (κ3) is 4.64. The second-order valence-corrected chi connectivity index (χ2v) is 2.99. The Kier molecular flexibility index (Phi) is 7.59. The molecule has 0 bridgehead atoms. The molecule has 0 radical (unpaired) electrons. The van der Waals surface area contributed by atoms with Crippen LogP contribution in [0.2, 0.25) is 0 Å². The van der Waals surface area contributed by atoms with E-state index in [-0.39, 0.29) is 6.61 Å². The van der Waals surface area contributed by atoms with Crippen molar-refractivity contribution >= 4 is 18.1 Å². The molecule has 0 aromatic heterocycles. The lowest BCUT2D eigenvalue weighted by Crippen LogP contribution is -2.32. The topological polar surface area (TPSA) is 85.2 Å². The van der Waals surface area contributed by atoms with Crippen molar-refractivity contribution in [2.75, 3.05) is 6.61 Å². The van der Waals surface area contributed by atoms with Crippen LogP contribution in [0.4, 0.5) is 0 Å². The molecule has 2 unspecified atom stereocenters. The van der Waals surface area contributed by atoms with Gasteiger partial charge in [-0.3, -0.25) is 0 Å². The number of ether oxygens (including phenoxy) is 1. The predicted octanol–water partition coefficient (Wildman–Crippen LogP) is 0.758. The largest absolute Gasteiger partial charge is 0.464 e. The van der Waals surface area contributed by atoms with Crippen LogP contribution in [-0.4, -0.2) is 36.8 Å². The fraction of sp³-hybridized carbons (Fsp3) is 0.700. The molecule has 0 saturated heterocycles. The summed E-state index contributed by atoms with van der Waals surface area (Å²) < 4.78 is 4.73. The SMILES string of the molecule is CCCC(N=C=O)C(N=C=O)C(=O)OCC. The van der Waals surface area contributed by atoms with Gasteiger partial charge >= 0.3 is 5.97 Å². The molecular formula is C10H14N2O4. The highest BCUT2D eigenvalue weighted by Gasteiger charge is 2.28. The maximum atomic E-state index is 11.4. The van der Waals surface area contributed by atoms with Crippen molar-refractivity contribution in [1.82, 2.24) is 0 Å². The van der Waals surface area contributed by atoms with Crippen LogP contribution in [0.25, 0.3) is 0 Å². The molecule has 0 rings (SSSR count). The molecule has 0 aromatic carbocycles. The number of esters is 1. The standard InChI is InChI=1S/C10H14N2O4/c1-3-5-8(11-6-13)9(12-7-14)10(15)16-4-2/h8-9H,3-5H2,1-2H3. The second kappa shape index (κ2) is 8.53. The molecule has 0 aromatic rings. The Hall–Kier alpha value is -1.77. The predicted molar refractivity (Wildman–Crippen MR) is 55.4 cm³/mol. The van der Waals surface area contributed by atoms with Crippen LogP contribution in [0.5, 0.6) is 0 Å². The third-order valence-corrected chi connectivity index (χ3v) is 1.89. The van der Waals surface area contributed by atoms with Crippen LogP contribution >= 0.6 is 0 Å². The van der Waals surface area contributed by atoms with Crippen LogP contribution in [0.1, 0.15) is 26.7 Å². The minimum atomic E-state index is -1.10. The van der Waals surface area contributed by atoms with E-state index >= 15 is 0 Å². The monoisotopic (exact) mass is 226 g/mol. The molecule has 0 N–H and O–H groups in total. The number of rotatable bonds is 7. The molecule has 0 heterocycles. The van der Waals surface area contributed by atoms with Crippen LogP contribution < -0.4 is 0 Å². The molecule has 0 fully saturated rings. The molecule has 6 nitrogen and oxygen atoms in total. The van der Waals surface area contributed by atoms with E-state index in [1.165, 1.54) is 12.2 Å². The zero-order valence-electron chi connectivity index (χ0n) is 9.30. The molecule has 0 amide bonds. The maximum Gasteiger partial charge on any atom is 0.334 e. The van der Waals surface area contributed by atoms with Gasteiger partial charge in [0.1, 0.15) is 0 Å². The fourth-order valence-electron chi connectivity index (χ4n) is 1.24. The summed E-state index contributed by atoms with van der Waals surface area (Å²) in [6.45, 7) is 3.67. The third-order valence-electron chi connectivity index (χ3n) is 1.89. The quantitative estimate of drug-likeness (QED) is 0.364. The Morgan fingerprint density at radius 3 is 2.31 bits per heavy atom. The lowest BCUT2D eigenvalue weighted by molar-refractivity contribution is -0.145. The van der Waals surface area contributed by atoms with E-state index in [0.29, 0.717) is 12.8 Å². The van der Waals surface area contributed by atoms with Crippen LogP contribution in [0.3, 0.4) is 0 Å². The summed E-state index contributed by atoms with van der Waals surface area (Å²) >= 11 is 0. The highest BCUT2D eigenvalue weighted by Crippen LogP contribution is 2.11. The summed E-state index contributed by atoms with van der Waals surface area (Å²) in [5.41, 5.74) is 0. The number of nitrogens with zero attached hydrogens (tertiary/aromatic N) is 2. The van der Waals surface area contributed by atoms with Gasteiger partial charge in [0.25, 0.3) is 0 Å². The van der Waals surface area contributed by atoms with Crippen molar-refractivity contribution < 1.29 is 19.1 Å². The Balaban J connectivity index is 4.89. The molecule has 6 heteroatoms. The van der Waals surface area contributed by atoms with E-state index in [2.05, 4.69) is 9.98 Å². The van der Waals surface area contributed by atoms with Crippen LogP contribution in [0.15, 0.2) is 9.98 Å². The van der Waals surface area contributed by atoms with Gasteiger partial charge in [-0.15, -0.1) is 0 Å². The van der Waals surface area contributed by atoms with Gasteiger partial charge in [-0.05, 0) is 13.3 Å². The summed E-state index contributed by atoms with van der Waals surface area (Å²) in [7, 11) is 0. The van der Waals surface area contributed by atoms with Crippen molar-refractivity contribution in [3.05, 3.63) is 0 Å². The summed E-state index contributed by atoms with van der Waals surface area (Å²) in [6, 6.07) is -1.80. The van der Waals surface area contributed by atoms with Crippen molar-refractivity contribution in [2.45, 2.75) is 38.8 Å². The van der Waals surface area contributed by atoms with E-state index in [1.807, 2.05) is 6.92 Å². The number of carbonyl (C=O) groups excluding carboxylic acids is 3. The van der Waals surface area contributed by atoms with Crippen molar-refractivity contribution in [3.63, 3.8) is 0 Å². The number of aliphatic imine (C=N–C) groups is 2. The molecule has 16 heavy (non-hydrogen) atoms. The normalized spacial score (nSPS) is 12.9. The number of hydrogen-bond acceptors (Lipinski definition) is 6. The van der Waals surface area contributed by atoms with E-state index in [0.717, 1.165) is 0 Å². The molecule has 0 spiro atoms. The Morgan fingerprint density at radius 1 is 1.25 bits per heavy atom.